The lowest BCUT2D eigenvalue weighted by atomic mass is 10.0. The zero-order valence-electron chi connectivity index (χ0n) is 9.47. The van der Waals surface area contributed by atoms with Crippen LogP contribution < -0.4 is 0 Å². The predicted octanol–water partition coefficient (Wildman–Crippen LogP) is 1.66. The Morgan fingerprint density at radius 1 is 1.24 bits per heavy atom. The van der Waals surface area contributed by atoms with E-state index in [2.05, 4.69) is 0 Å². The van der Waals surface area contributed by atoms with Crippen LogP contribution in [-0.2, 0) is 11.2 Å². The van der Waals surface area contributed by atoms with Gasteiger partial charge < -0.3 is 14.9 Å². The van der Waals surface area contributed by atoms with Crippen molar-refractivity contribution in [3.05, 3.63) is 34.9 Å². The van der Waals surface area contributed by atoms with Crippen molar-refractivity contribution in [1.82, 2.24) is 0 Å². The van der Waals surface area contributed by atoms with Gasteiger partial charge in [-0.15, -0.1) is 0 Å². The molecule has 0 amide bonds. The molecule has 1 aromatic rings. The average molecular weight is 238 g/mol. The Morgan fingerprint density at radius 2 is 1.94 bits per heavy atom. The molecule has 0 unspecified atom stereocenters. The van der Waals surface area contributed by atoms with Crippen LogP contribution in [0.15, 0.2) is 18.2 Å². The number of carboxylic acid groups (broad SMARTS) is 2. The molecule has 0 bridgehead atoms. The lowest BCUT2D eigenvalue weighted by Gasteiger charge is -2.07. The van der Waals surface area contributed by atoms with Crippen molar-refractivity contribution in [3.8, 4) is 0 Å². The van der Waals surface area contributed by atoms with Crippen molar-refractivity contribution in [2.45, 2.75) is 13.3 Å². The van der Waals surface area contributed by atoms with E-state index in [1.54, 1.807) is 0 Å². The van der Waals surface area contributed by atoms with Crippen LogP contribution in [0.5, 0.6) is 0 Å². The molecule has 0 saturated carbocycles. The molecule has 0 aliphatic carbocycles. The minimum absolute atomic E-state index is 0.0847. The van der Waals surface area contributed by atoms with Gasteiger partial charge in [-0.3, -0.25) is 0 Å². The van der Waals surface area contributed by atoms with Gasteiger partial charge in [-0.25, -0.2) is 9.59 Å². The van der Waals surface area contributed by atoms with Gasteiger partial charge in [-0.1, -0.05) is 0 Å². The molecule has 0 aromatic heterocycles. The highest BCUT2D eigenvalue weighted by atomic mass is 16.5. The van der Waals surface area contributed by atoms with E-state index >= 15 is 0 Å². The first-order valence-electron chi connectivity index (χ1n) is 5.23. The van der Waals surface area contributed by atoms with E-state index in [9.17, 15) is 9.59 Å². The predicted molar refractivity (Wildman–Crippen MR) is 60.6 cm³/mol. The lowest BCUT2D eigenvalue weighted by molar-refractivity contribution is 0.0679. The molecule has 0 atom stereocenters. The van der Waals surface area contributed by atoms with Gasteiger partial charge in [-0.2, -0.15) is 0 Å². The first-order chi connectivity index (χ1) is 8.06. The molecule has 1 aromatic carbocycles. The van der Waals surface area contributed by atoms with Gasteiger partial charge in [0.05, 0.1) is 17.7 Å². The summed E-state index contributed by atoms with van der Waals surface area (Å²) < 4.78 is 5.13. The SMILES string of the molecule is CCOCCc1cc(C(=O)O)ccc1C(=O)O. The van der Waals surface area contributed by atoms with Crippen molar-refractivity contribution in [2.24, 2.45) is 0 Å². The van der Waals surface area contributed by atoms with E-state index in [-0.39, 0.29) is 11.1 Å². The highest BCUT2D eigenvalue weighted by molar-refractivity contribution is 5.93. The van der Waals surface area contributed by atoms with Crippen molar-refractivity contribution in [1.29, 1.82) is 0 Å². The molecule has 2 N–H and O–H groups in total. The Kier molecular flexibility index (Phi) is 4.66. The van der Waals surface area contributed by atoms with Gasteiger partial charge in [0.2, 0.25) is 0 Å². The summed E-state index contributed by atoms with van der Waals surface area (Å²) in [4.78, 5) is 21.7. The smallest absolute Gasteiger partial charge is 0.335 e. The maximum atomic E-state index is 10.9. The quantitative estimate of drug-likeness (QED) is 0.736. The molecular formula is C12H14O5. The first-order valence-corrected chi connectivity index (χ1v) is 5.23. The summed E-state index contributed by atoms with van der Waals surface area (Å²) in [5.74, 6) is -2.13. The number of carboxylic acids is 2. The van der Waals surface area contributed by atoms with E-state index < -0.39 is 11.9 Å². The Morgan fingerprint density at radius 3 is 2.47 bits per heavy atom. The second-order valence-corrected chi connectivity index (χ2v) is 3.43. The van der Waals surface area contributed by atoms with Crippen molar-refractivity contribution in [2.75, 3.05) is 13.2 Å². The lowest BCUT2D eigenvalue weighted by Crippen LogP contribution is -2.08. The first kappa shape index (κ1) is 13.2. The van der Waals surface area contributed by atoms with Crippen LogP contribution in [0.2, 0.25) is 0 Å². The van der Waals surface area contributed by atoms with E-state index in [0.29, 0.717) is 25.2 Å². The van der Waals surface area contributed by atoms with Gasteiger partial charge in [0, 0.05) is 6.61 Å². The molecule has 0 spiro atoms. The third-order valence-electron chi connectivity index (χ3n) is 2.30. The Bertz CT molecular complexity index is 425. The molecule has 0 heterocycles. The minimum atomic E-state index is -1.07. The van der Waals surface area contributed by atoms with Gasteiger partial charge in [0.1, 0.15) is 0 Å². The number of hydrogen-bond donors (Lipinski definition) is 2. The van der Waals surface area contributed by atoms with Crippen LogP contribution >= 0.6 is 0 Å². The van der Waals surface area contributed by atoms with Gasteiger partial charge in [0.25, 0.3) is 0 Å². The molecular weight excluding hydrogens is 224 g/mol. The van der Waals surface area contributed by atoms with Crippen molar-refractivity contribution >= 4 is 11.9 Å². The molecule has 1 rings (SSSR count). The summed E-state index contributed by atoms with van der Waals surface area (Å²) in [5.41, 5.74) is 0.682. The van der Waals surface area contributed by atoms with E-state index in [0.717, 1.165) is 0 Å². The van der Waals surface area contributed by atoms with Crippen molar-refractivity contribution in [3.63, 3.8) is 0 Å². The van der Waals surface area contributed by atoms with Gasteiger partial charge >= 0.3 is 11.9 Å². The number of rotatable bonds is 6. The summed E-state index contributed by atoms with van der Waals surface area (Å²) >= 11 is 0. The van der Waals surface area contributed by atoms with Crippen molar-refractivity contribution < 1.29 is 24.5 Å². The number of carbonyl (C=O) groups is 2. The molecule has 92 valence electrons. The fourth-order valence-electron chi connectivity index (χ4n) is 1.47. The van der Waals surface area contributed by atoms with Crippen LogP contribution in [0.25, 0.3) is 0 Å². The summed E-state index contributed by atoms with van der Waals surface area (Å²) in [6.45, 7) is 2.76. The largest absolute Gasteiger partial charge is 0.478 e. The second kappa shape index (κ2) is 6.00. The average Bonchev–Trinajstić information content (AvgIpc) is 2.28. The number of hydrogen-bond acceptors (Lipinski definition) is 3. The van der Waals surface area contributed by atoms with E-state index in [1.165, 1.54) is 18.2 Å². The topological polar surface area (TPSA) is 83.8 Å². The van der Waals surface area contributed by atoms with E-state index in [1.807, 2.05) is 6.92 Å². The number of ether oxygens (including phenoxy) is 1. The van der Waals surface area contributed by atoms with Gasteiger partial charge in [0.15, 0.2) is 0 Å². The Hall–Kier alpha value is -1.88. The third kappa shape index (κ3) is 3.57. The summed E-state index contributed by atoms with van der Waals surface area (Å²) in [6.07, 6.45) is 0.386. The maximum Gasteiger partial charge on any atom is 0.335 e. The zero-order valence-corrected chi connectivity index (χ0v) is 9.47. The monoisotopic (exact) mass is 238 g/mol. The molecule has 0 radical (unpaired) electrons. The Balaban J connectivity index is 2.98. The fourth-order valence-corrected chi connectivity index (χ4v) is 1.47. The number of benzene rings is 1. The summed E-state index contributed by atoms with van der Waals surface area (Å²) in [5, 5.41) is 17.8. The van der Waals surface area contributed by atoms with E-state index in [4.69, 9.17) is 14.9 Å². The van der Waals surface area contributed by atoms with Crippen LogP contribution in [0.3, 0.4) is 0 Å². The number of aromatic carboxylic acids is 2. The second-order valence-electron chi connectivity index (χ2n) is 3.43. The molecule has 5 nitrogen and oxygen atoms in total. The highest BCUT2D eigenvalue weighted by Gasteiger charge is 2.13. The van der Waals surface area contributed by atoms with Crippen LogP contribution in [0.1, 0.15) is 33.2 Å². The standard InChI is InChI=1S/C12H14O5/c1-2-17-6-5-8-7-9(11(13)14)3-4-10(8)12(15)16/h3-4,7H,2,5-6H2,1H3,(H,13,14)(H,15,16). The molecule has 0 aliphatic rings. The van der Waals surface area contributed by atoms with Crippen LogP contribution in [0, 0.1) is 0 Å². The zero-order chi connectivity index (χ0) is 12.8. The fraction of sp³-hybridized carbons (Fsp3) is 0.333. The summed E-state index contributed by atoms with van der Waals surface area (Å²) in [6, 6.07) is 3.98. The van der Waals surface area contributed by atoms with Gasteiger partial charge in [-0.05, 0) is 37.1 Å². The molecule has 0 aliphatic heterocycles. The third-order valence-corrected chi connectivity index (χ3v) is 2.30. The Labute approximate surface area is 98.6 Å². The van der Waals surface area contributed by atoms with Crippen LogP contribution in [-0.4, -0.2) is 35.4 Å². The highest BCUT2D eigenvalue weighted by Crippen LogP contribution is 2.13. The molecule has 17 heavy (non-hydrogen) atoms. The summed E-state index contributed by atoms with van der Waals surface area (Å²) in [7, 11) is 0. The normalized spacial score (nSPS) is 10.2. The molecule has 0 saturated heterocycles. The maximum absolute atomic E-state index is 10.9. The minimum Gasteiger partial charge on any atom is -0.478 e. The molecule has 0 fully saturated rings. The molecule has 5 heteroatoms. The van der Waals surface area contributed by atoms with Crippen LogP contribution in [0.4, 0.5) is 0 Å².